The van der Waals surface area contributed by atoms with Gasteiger partial charge in [-0.05, 0) is 64.5 Å². The Balaban J connectivity index is 1.74. The minimum Gasteiger partial charge on any atom is -0.468 e. The van der Waals surface area contributed by atoms with E-state index in [-0.39, 0.29) is 27.2 Å². The highest BCUT2D eigenvalue weighted by Crippen LogP contribution is 2.19. The number of carbonyl (C=O) groups is 1. The minimum atomic E-state index is -3.80. The number of furan rings is 1. The van der Waals surface area contributed by atoms with Gasteiger partial charge in [-0.2, -0.15) is 0 Å². The van der Waals surface area contributed by atoms with E-state index in [1.807, 2.05) is 0 Å². The maximum absolute atomic E-state index is 13.6. The first kappa shape index (κ1) is 19.3. The highest BCUT2D eigenvalue weighted by atomic mass is 79.9. The molecule has 0 atom stereocenters. The van der Waals surface area contributed by atoms with E-state index in [1.165, 1.54) is 36.6 Å². The van der Waals surface area contributed by atoms with Gasteiger partial charge in [-0.25, -0.2) is 17.5 Å². The van der Waals surface area contributed by atoms with Crippen molar-refractivity contribution in [1.29, 1.82) is 0 Å². The number of rotatable bonds is 6. The van der Waals surface area contributed by atoms with Crippen LogP contribution >= 0.6 is 15.9 Å². The topological polar surface area (TPSA) is 88.4 Å². The second-order valence-corrected chi connectivity index (χ2v) is 8.14. The number of hydrogen-bond donors (Lipinski definition) is 2. The Morgan fingerprint density at radius 1 is 1.11 bits per heavy atom. The van der Waals surface area contributed by atoms with Crippen molar-refractivity contribution in [1.82, 2.24) is 4.72 Å². The summed E-state index contributed by atoms with van der Waals surface area (Å²) in [6.07, 6.45) is 1.45. The lowest BCUT2D eigenvalue weighted by atomic mass is 10.2. The molecule has 1 aromatic heterocycles. The number of hydrogen-bond acceptors (Lipinski definition) is 4. The van der Waals surface area contributed by atoms with Crippen LogP contribution < -0.4 is 10.0 Å². The van der Waals surface area contributed by atoms with Crippen LogP contribution in [-0.2, 0) is 16.6 Å². The van der Waals surface area contributed by atoms with Gasteiger partial charge in [0.1, 0.15) is 11.6 Å². The van der Waals surface area contributed by atoms with Crippen LogP contribution in [0.5, 0.6) is 0 Å². The van der Waals surface area contributed by atoms with Crippen LogP contribution in [0, 0.1) is 5.82 Å². The fraction of sp³-hybridized carbons (Fsp3) is 0.0556. The van der Waals surface area contributed by atoms with Gasteiger partial charge >= 0.3 is 0 Å². The van der Waals surface area contributed by atoms with Gasteiger partial charge in [-0.3, -0.25) is 4.79 Å². The number of benzene rings is 2. The highest BCUT2D eigenvalue weighted by molar-refractivity contribution is 9.10. The smallest absolute Gasteiger partial charge is 0.255 e. The zero-order valence-corrected chi connectivity index (χ0v) is 16.2. The zero-order valence-electron chi connectivity index (χ0n) is 13.8. The van der Waals surface area contributed by atoms with Gasteiger partial charge in [0, 0.05) is 11.3 Å². The molecule has 0 unspecified atom stereocenters. The van der Waals surface area contributed by atoms with Gasteiger partial charge in [-0.15, -0.1) is 0 Å². The summed E-state index contributed by atoms with van der Waals surface area (Å²) in [4.78, 5) is 12.2. The molecule has 0 bridgehead atoms. The summed E-state index contributed by atoms with van der Waals surface area (Å²) >= 11 is 3.02. The summed E-state index contributed by atoms with van der Waals surface area (Å²) in [6, 6.07) is 13.0. The molecule has 1 heterocycles. The third kappa shape index (κ3) is 4.82. The minimum absolute atomic E-state index is 0.00406. The fourth-order valence-corrected chi connectivity index (χ4v) is 3.53. The van der Waals surface area contributed by atoms with Crippen molar-refractivity contribution in [3.8, 4) is 0 Å². The van der Waals surface area contributed by atoms with Gasteiger partial charge in [0.05, 0.1) is 22.2 Å². The monoisotopic (exact) mass is 452 g/mol. The van der Waals surface area contributed by atoms with E-state index in [1.54, 1.807) is 18.2 Å². The van der Waals surface area contributed by atoms with E-state index in [9.17, 15) is 17.6 Å². The van der Waals surface area contributed by atoms with Crippen molar-refractivity contribution in [2.24, 2.45) is 0 Å². The lowest BCUT2D eigenvalue weighted by molar-refractivity contribution is 0.102. The third-order valence-electron chi connectivity index (χ3n) is 3.60. The molecule has 3 rings (SSSR count). The molecule has 1 amide bonds. The first-order valence-electron chi connectivity index (χ1n) is 7.74. The molecule has 0 aliphatic carbocycles. The van der Waals surface area contributed by atoms with Crippen molar-refractivity contribution < 1.29 is 22.0 Å². The van der Waals surface area contributed by atoms with Gasteiger partial charge in [0.15, 0.2) is 0 Å². The van der Waals surface area contributed by atoms with Crippen LogP contribution in [0.2, 0.25) is 0 Å². The normalized spacial score (nSPS) is 11.3. The number of halogens is 2. The number of sulfonamides is 1. The Morgan fingerprint density at radius 3 is 2.63 bits per heavy atom. The van der Waals surface area contributed by atoms with Crippen molar-refractivity contribution in [3.63, 3.8) is 0 Å². The summed E-state index contributed by atoms with van der Waals surface area (Å²) in [6.45, 7) is 0.00406. The van der Waals surface area contributed by atoms with E-state index in [0.717, 1.165) is 6.07 Å². The van der Waals surface area contributed by atoms with Crippen molar-refractivity contribution in [2.45, 2.75) is 11.4 Å². The zero-order chi connectivity index (χ0) is 19.4. The predicted octanol–water partition coefficient (Wildman–Crippen LogP) is 3.91. The quantitative estimate of drug-likeness (QED) is 0.593. The van der Waals surface area contributed by atoms with Gasteiger partial charge in [0.25, 0.3) is 5.91 Å². The maximum atomic E-state index is 13.6. The average Bonchev–Trinajstić information content (AvgIpc) is 3.16. The van der Waals surface area contributed by atoms with Crippen LogP contribution in [0.3, 0.4) is 0 Å². The van der Waals surface area contributed by atoms with Crippen molar-refractivity contribution in [3.05, 3.63) is 82.5 Å². The molecule has 2 aromatic carbocycles. The summed E-state index contributed by atoms with van der Waals surface area (Å²) in [5.74, 6) is -0.652. The Labute approximate surface area is 163 Å². The molecule has 27 heavy (non-hydrogen) atoms. The standard InChI is InChI=1S/C18H14BrFN2O4S/c19-16-7-6-12(9-17(16)20)18(23)22-13-3-1-5-15(10-13)27(24,25)21-11-14-4-2-8-26-14/h1-10,21H,11H2,(H,22,23). The first-order chi connectivity index (χ1) is 12.8. The van der Waals surface area contributed by atoms with Crippen LogP contribution in [0.25, 0.3) is 0 Å². The fourth-order valence-electron chi connectivity index (χ4n) is 2.24. The molecular formula is C18H14BrFN2O4S. The van der Waals surface area contributed by atoms with Crippen LogP contribution in [0.4, 0.5) is 10.1 Å². The summed E-state index contributed by atoms with van der Waals surface area (Å²) in [7, 11) is -3.80. The Morgan fingerprint density at radius 2 is 1.93 bits per heavy atom. The van der Waals surface area contributed by atoms with Crippen LogP contribution in [0.15, 0.2) is 74.6 Å². The molecule has 3 aromatic rings. The molecule has 0 aliphatic rings. The lowest BCUT2D eigenvalue weighted by Crippen LogP contribution is -2.23. The molecule has 0 spiro atoms. The second-order valence-electron chi connectivity index (χ2n) is 5.51. The van der Waals surface area contributed by atoms with Crippen molar-refractivity contribution in [2.75, 3.05) is 5.32 Å². The number of nitrogens with one attached hydrogen (secondary N) is 2. The van der Waals surface area contributed by atoms with E-state index in [2.05, 4.69) is 26.0 Å². The molecular weight excluding hydrogens is 439 g/mol. The second kappa shape index (κ2) is 8.03. The molecule has 0 radical (unpaired) electrons. The third-order valence-corrected chi connectivity index (χ3v) is 5.64. The first-order valence-corrected chi connectivity index (χ1v) is 10.0. The highest BCUT2D eigenvalue weighted by Gasteiger charge is 2.16. The van der Waals surface area contributed by atoms with Gasteiger partial charge < -0.3 is 9.73 Å². The molecule has 0 saturated carbocycles. The van der Waals surface area contributed by atoms with Gasteiger partial charge in [-0.1, -0.05) is 6.07 Å². The molecule has 0 aliphatic heterocycles. The van der Waals surface area contributed by atoms with Gasteiger partial charge in [0.2, 0.25) is 10.0 Å². The number of amides is 1. The Kier molecular flexibility index (Phi) is 5.73. The van der Waals surface area contributed by atoms with E-state index < -0.39 is 21.7 Å². The molecule has 6 nitrogen and oxygen atoms in total. The van der Waals surface area contributed by atoms with Crippen LogP contribution in [0.1, 0.15) is 16.1 Å². The molecule has 9 heteroatoms. The average molecular weight is 453 g/mol. The van der Waals surface area contributed by atoms with E-state index >= 15 is 0 Å². The summed E-state index contributed by atoms with van der Waals surface area (Å²) in [5.41, 5.74) is 0.379. The Hall–Kier alpha value is -2.49. The molecule has 0 fully saturated rings. The Bertz CT molecular complexity index is 1070. The lowest BCUT2D eigenvalue weighted by Gasteiger charge is -2.09. The molecule has 0 saturated heterocycles. The predicted molar refractivity (Wildman–Crippen MR) is 101 cm³/mol. The summed E-state index contributed by atoms with van der Waals surface area (Å²) < 4.78 is 46.1. The number of anilines is 1. The number of carbonyl (C=O) groups excluding carboxylic acids is 1. The SMILES string of the molecule is O=C(Nc1cccc(S(=O)(=O)NCc2ccco2)c1)c1ccc(Br)c(F)c1. The van der Waals surface area contributed by atoms with Crippen LogP contribution in [-0.4, -0.2) is 14.3 Å². The maximum Gasteiger partial charge on any atom is 0.255 e. The van der Waals surface area contributed by atoms with E-state index in [0.29, 0.717) is 5.76 Å². The van der Waals surface area contributed by atoms with E-state index in [4.69, 9.17) is 4.42 Å². The van der Waals surface area contributed by atoms with Crippen molar-refractivity contribution >= 4 is 37.5 Å². The molecule has 140 valence electrons. The molecule has 2 N–H and O–H groups in total. The largest absolute Gasteiger partial charge is 0.468 e. The summed E-state index contributed by atoms with van der Waals surface area (Å²) in [5, 5.41) is 2.56.